The number of nitrogens with zero attached hydrogens (tertiary/aromatic N) is 1. The van der Waals surface area contributed by atoms with Gasteiger partial charge >= 0.3 is 0 Å². The molecular formula is C16H26N2OS. The van der Waals surface area contributed by atoms with Crippen LogP contribution in [0, 0.1) is 0 Å². The van der Waals surface area contributed by atoms with E-state index in [9.17, 15) is 0 Å². The van der Waals surface area contributed by atoms with E-state index in [-0.39, 0.29) is 0 Å². The van der Waals surface area contributed by atoms with Gasteiger partial charge in [-0.15, -0.1) is 0 Å². The molecule has 0 aliphatic carbocycles. The van der Waals surface area contributed by atoms with Crippen LogP contribution in [-0.4, -0.2) is 35.6 Å². The highest BCUT2D eigenvalue weighted by atomic mass is 32.1. The van der Waals surface area contributed by atoms with Crippen molar-refractivity contribution >= 4 is 17.2 Å². The van der Waals surface area contributed by atoms with Gasteiger partial charge in [-0.05, 0) is 45.4 Å². The van der Waals surface area contributed by atoms with Crippen molar-refractivity contribution in [1.82, 2.24) is 4.90 Å². The minimum absolute atomic E-state index is 0.385. The van der Waals surface area contributed by atoms with Gasteiger partial charge in [0.05, 0.1) is 12.2 Å². The van der Waals surface area contributed by atoms with Gasteiger partial charge in [-0.3, -0.25) is 0 Å². The first-order valence-corrected chi connectivity index (χ1v) is 7.72. The van der Waals surface area contributed by atoms with Gasteiger partial charge in [0.15, 0.2) is 0 Å². The second kappa shape index (κ2) is 8.93. The van der Waals surface area contributed by atoms with Gasteiger partial charge < -0.3 is 15.4 Å². The van der Waals surface area contributed by atoms with E-state index in [2.05, 4.69) is 25.7 Å². The van der Waals surface area contributed by atoms with E-state index < -0.39 is 0 Å². The van der Waals surface area contributed by atoms with E-state index in [1.54, 1.807) is 0 Å². The number of rotatable bonds is 9. The van der Waals surface area contributed by atoms with Crippen LogP contribution in [0.2, 0.25) is 0 Å². The Hall–Kier alpha value is -1.13. The van der Waals surface area contributed by atoms with Crippen LogP contribution in [0.4, 0.5) is 0 Å². The second-order valence-electron chi connectivity index (χ2n) is 5.19. The van der Waals surface area contributed by atoms with Gasteiger partial charge in [-0.2, -0.15) is 0 Å². The summed E-state index contributed by atoms with van der Waals surface area (Å²) in [4.78, 5) is 2.86. The number of benzene rings is 1. The lowest BCUT2D eigenvalue weighted by Gasteiger charge is -2.25. The summed E-state index contributed by atoms with van der Waals surface area (Å²) in [5.74, 6) is 0.784. The molecule has 0 atom stereocenters. The molecule has 1 aromatic rings. The first-order chi connectivity index (χ1) is 9.56. The van der Waals surface area contributed by atoms with Gasteiger partial charge in [-0.1, -0.05) is 31.3 Å². The van der Waals surface area contributed by atoms with E-state index in [0.717, 1.165) is 30.8 Å². The standard InChI is InChI=1S/C16H26N2OS/c1-4-10-18(13(2)3)11-7-12-19-15-9-6-5-8-14(15)16(17)20/h5-6,8-9,13H,4,7,10-12H2,1-3H3,(H2,17,20). The summed E-state index contributed by atoms with van der Waals surface area (Å²) in [5.41, 5.74) is 6.51. The molecule has 0 radical (unpaired) electrons. The zero-order valence-corrected chi connectivity index (χ0v) is 13.6. The quantitative estimate of drug-likeness (QED) is 0.561. The number of hydrogen-bond donors (Lipinski definition) is 1. The Morgan fingerprint density at radius 3 is 2.60 bits per heavy atom. The van der Waals surface area contributed by atoms with Crippen molar-refractivity contribution in [2.45, 2.75) is 39.7 Å². The first-order valence-electron chi connectivity index (χ1n) is 7.32. The normalized spacial score (nSPS) is 11.1. The lowest BCUT2D eigenvalue weighted by molar-refractivity contribution is 0.198. The Morgan fingerprint density at radius 1 is 1.30 bits per heavy atom. The smallest absolute Gasteiger partial charge is 0.129 e. The monoisotopic (exact) mass is 294 g/mol. The van der Waals surface area contributed by atoms with E-state index in [1.807, 2.05) is 24.3 Å². The van der Waals surface area contributed by atoms with Gasteiger partial charge in [-0.25, -0.2) is 0 Å². The van der Waals surface area contributed by atoms with E-state index in [4.69, 9.17) is 22.7 Å². The highest BCUT2D eigenvalue weighted by molar-refractivity contribution is 7.80. The molecule has 112 valence electrons. The van der Waals surface area contributed by atoms with Crippen molar-refractivity contribution in [2.24, 2.45) is 5.73 Å². The van der Waals surface area contributed by atoms with Crippen LogP contribution in [0.1, 0.15) is 39.2 Å². The Balaban J connectivity index is 2.43. The van der Waals surface area contributed by atoms with Gasteiger partial charge in [0.2, 0.25) is 0 Å². The SMILES string of the molecule is CCCN(CCCOc1ccccc1C(N)=S)C(C)C. The third-order valence-corrected chi connectivity index (χ3v) is 3.46. The molecule has 0 amide bonds. The van der Waals surface area contributed by atoms with Crippen LogP contribution in [0.15, 0.2) is 24.3 Å². The fourth-order valence-corrected chi connectivity index (χ4v) is 2.33. The molecule has 0 aliphatic rings. The molecule has 0 fully saturated rings. The summed E-state index contributed by atoms with van der Waals surface area (Å²) in [6.45, 7) is 9.57. The molecule has 3 nitrogen and oxygen atoms in total. The largest absolute Gasteiger partial charge is 0.493 e. The van der Waals surface area contributed by atoms with Crippen molar-refractivity contribution in [3.63, 3.8) is 0 Å². The van der Waals surface area contributed by atoms with Gasteiger partial charge in [0.25, 0.3) is 0 Å². The number of hydrogen-bond acceptors (Lipinski definition) is 3. The summed E-state index contributed by atoms with van der Waals surface area (Å²) >= 11 is 5.03. The van der Waals surface area contributed by atoms with Crippen LogP contribution in [0.25, 0.3) is 0 Å². The fourth-order valence-electron chi connectivity index (χ4n) is 2.16. The Bertz CT molecular complexity index is 421. The summed E-state index contributed by atoms with van der Waals surface area (Å²) < 4.78 is 5.81. The van der Waals surface area contributed by atoms with E-state index >= 15 is 0 Å². The summed E-state index contributed by atoms with van der Waals surface area (Å²) in [6, 6.07) is 8.26. The van der Waals surface area contributed by atoms with Crippen LogP contribution in [0.5, 0.6) is 5.75 Å². The number of ether oxygens (including phenoxy) is 1. The summed E-state index contributed by atoms with van der Waals surface area (Å²) in [6.07, 6.45) is 2.19. The molecule has 0 unspecified atom stereocenters. The maximum atomic E-state index is 5.81. The minimum atomic E-state index is 0.385. The average molecular weight is 294 g/mol. The predicted octanol–water partition coefficient (Wildman–Crippen LogP) is 3.21. The summed E-state index contributed by atoms with van der Waals surface area (Å²) in [7, 11) is 0. The Labute approximate surface area is 128 Å². The molecular weight excluding hydrogens is 268 g/mol. The lowest BCUT2D eigenvalue weighted by Crippen LogP contribution is -2.33. The number of thiocarbonyl (C=S) groups is 1. The molecule has 0 spiro atoms. The molecule has 0 bridgehead atoms. The number of nitrogens with two attached hydrogens (primary N) is 1. The van der Waals surface area contributed by atoms with Crippen LogP contribution in [0.3, 0.4) is 0 Å². The second-order valence-corrected chi connectivity index (χ2v) is 5.63. The Morgan fingerprint density at radius 2 is 2.00 bits per heavy atom. The third-order valence-electron chi connectivity index (χ3n) is 3.24. The van der Waals surface area contributed by atoms with E-state index in [1.165, 1.54) is 6.42 Å². The molecule has 0 aromatic heterocycles. The molecule has 0 saturated heterocycles. The average Bonchev–Trinajstić information content (AvgIpc) is 2.42. The van der Waals surface area contributed by atoms with Crippen molar-refractivity contribution < 1.29 is 4.74 Å². The molecule has 4 heteroatoms. The Kier molecular flexibility index (Phi) is 7.55. The molecule has 2 N–H and O–H groups in total. The van der Waals surface area contributed by atoms with Crippen molar-refractivity contribution in [3.8, 4) is 5.75 Å². The molecule has 0 saturated carbocycles. The molecule has 20 heavy (non-hydrogen) atoms. The highest BCUT2D eigenvalue weighted by Gasteiger charge is 2.08. The zero-order valence-electron chi connectivity index (χ0n) is 12.8. The number of para-hydroxylation sites is 1. The maximum Gasteiger partial charge on any atom is 0.129 e. The zero-order chi connectivity index (χ0) is 15.0. The van der Waals surface area contributed by atoms with Crippen molar-refractivity contribution in [1.29, 1.82) is 0 Å². The van der Waals surface area contributed by atoms with Crippen LogP contribution < -0.4 is 10.5 Å². The fraction of sp³-hybridized carbons (Fsp3) is 0.562. The van der Waals surface area contributed by atoms with Gasteiger partial charge in [0, 0.05) is 12.6 Å². The molecule has 0 aliphatic heterocycles. The molecule has 0 heterocycles. The summed E-state index contributed by atoms with van der Waals surface area (Å²) in [5, 5.41) is 0. The third kappa shape index (κ3) is 5.47. The minimum Gasteiger partial charge on any atom is -0.493 e. The first kappa shape index (κ1) is 16.9. The topological polar surface area (TPSA) is 38.5 Å². The predicted molar refractivity (Wildman–Crippen MR) is 89.4 cm³/mol. The van der Waals surface area contributed by atoms with E-state index in [0.29, 0.717) is 17.6 Å². The van der Waals surface area contributed by atoms with Crippen LogP contribution in [-0.2, 0) is 0 Å². The molecule has 1 aromatic carbocycles. The lowest BCUT2D eigenvalue weighted by atomic mass is 10.2. The van der Waals surface area contributed by atoms with Crippen molar-refractivity contribution in [3.05, 3.63) is 29.8 Å². The van der Waals surface area contributed by atoms with Crippen LogP contribution >= 0.6 is 12.2 Å². The van der Waals surface area contributed by atoms with Gasteiger partial charge in [0.1, 0.15) is 10.7 Å². The maximum absolute atomic E-state index is 5.81. The molecule has 1 rings (SSSR count). The van der Waals surface area contributed by atoms with Crippen molar-refractivity contribution in [2.75, 3.05) is 19.7 Å². The highest BCUT2D eigenvalue weighted by Crippen LogP contribution is 2.17.